The molecule has 2 atom stereocenters. The van der Waals surface area contributed by atoms with E-state index >= 15 is 0 Å². The molecule has 2 fully saturated rings. The van der Waals surface area contributed by atoms with E-state index in [-0.39, 0.29) is 35.6 Å². The molecule has 2 saturated heterocycles. The van der Waals surface area contributed by atoms with Crippen molar-refractivity contribution >= 4 is 44.3 Å². The molecule has 0 radical (unpaired) electrons. The van der Waals surface area contributed by atoms with Gasteiger partial charge in [0.05, 0.1) is 24.0 Å². The van der Waals surface area contributed by atoms with Crippen LogP contribution in [0, 0.1) is 6.92 Å². The van der Waals surface area contributed by atoms with Crippen LogP contribution in [-0.4, -0.2) is 53.4 Å². The summed E-state index contributed by atoms with van der Waals surface area (Å²) in [6.07, 6.45) is -0.444. The molecule has 2 aliphatic rings. The van der Waals surface area contributed by atoms with Gasteiger partial charge in [-0.05, 0) is 19.1 Å². The Bertz CT molecular complexity index is 833. The standard InChI is InChI=1S/C16H18N2O5S2/c1-10-2-4-11(5-3-10)18-12-8-25(22,23)9-13(12)24-16(18)17-14(19)6-7-15(20)21/h2-5,12-13H,6-9H2,1H3,(H,20,21). The van der Waals surface area contributed by atoms with E-state index in [4.69, 9.17) is 5.11 Å². The molecule has 0 saturated carbocycles. The number of carbonyl (C=O) groups excluding carboxylic acids is 1. The van der Waals surface area contributed by atoms with Crippen LogP contribution in [0.3, 0.4) is 0 Å². The highest BCUT2D eigenvalue weighted by molar-refractivity contribution is 8.16. The number of hydrogen-bond donors (Lipinski definition) is 1. The number of aryl methyl sites for hydroxylation is 1. The van der Waals surface area contributed by atoms with Crippen molar-refractivity contribution in [2.24, 2.45) is 4.99 Å². The fourth-order valence-corrected chi connectivity index (χ4v) is 6.88. The number of rotatable bonds is 4. The molecule has 9 heteroatoms. The molecule has 3 rings (SSSR count). The van der Waals surface area contributed by atoms with E-state index in [1.807, 2.05) is 31.2 Å². The van der Waals surface area contributed by atoms with Gasteiger partial charge in [0.1, 0.15) is 0 Å². The number of carboxylic acid groups (broad SMARTS) is 1. The van der Waals surface area contributed by atoms with Crippen molar-refractivity contribution in [1.82, 2.24) is 0 Å². The van der Waals surface area contributed by atoms with Gasteiger partial charge >= 0.3 is 5.97 Å². The molecule has 134 valence electrons. The summed E-state index contributed by atoms with van der Waals surface area (Å²) in [7, 11) is -3.11. The van der Waals surface area contributed by atoms with Crippen molar-refractivity contribution in [2.75, 3.05) is 16.4 Å². The van der Waals surface area contributed by atoms with Crippen molar-refractivity contribution in [2.45, 2.75) is 31.1 Å². The van der Waals surface area contributed by atoms with Gasteiger partial charge in [0, 0.05) is 17.4 Å². The van der Waals surface area contributed by atoms with Gasteiger partial charge < -0.3 is 10.0 Å². The zero-order valence-corrected chi connectivity index (χ0v) is 15.2. The summed E-state index contributed by atoms with van der Waals surface area (Å²) >= 11 is 1.28. The second-order valence-corrected chi connectivity index (χ2v) is 9.55. The van der Waals surface area contributed by atoms with Crippen LogP contribution in [0.5, 0.6) is 0 Å². The third-order valence-electron chi connectivity index (χ3n) is 4.15. The number of carboxylic acids is 1. The van der Waals surface area contributed by atoms with Crippen molar-refractivity contribution in [1.29, 1.82) is 0 Å². The minimum Gasteiger partial charge on any atom is -0.481 e. The molecule has 0 aromatic heterocycles. The molecule has 0 spiro atoms. The van der Waals surface area contributed by atoms with E-state index in [0.717, 1.165) is 11.3 Å². The topological polar surface area (TPSA) is 104 Å². The number of aliphatic carboxylic acids is 1. The quantitative estimate of drug-likeness (QED) is 0.840. The summed E-state index contributed by atoms with van der Waals surface area (Å²) in [4.78, 5) is 28.4. The predicted octanol–water partition coefficient (Wildman–Crippen LogP) is 1.46. The van der Waals surface area contributed by atoms with E-state index in [1.165, 1.54) is 11.8 Å². The normalized spacial score (nSPS) is 26.0. The zero-order chi connectivity index (χ0) is 18.2. The van der Waals surface area contributed by atoms with Gasteiger partial charge in [0.2, 0.25) is 5.91 Å². The zero-order valence-electron chi connectivity index (χ0n) is 13.6. The maximum absolute atomic E-state index is 12.0. The Kier molecular flexibility index (Phi) is 4.88. The average Bonchev–Trinajstić information content (AvgIpc) is 2.97. The predicted molar refractivity (Wildman–Crippen MR) is 96.8 cm³/mol. The maximum Gasteiger partial charge on any atom is 0.303 e. The van der Waals surface area contributed by atoms with E-state index in [0.29, 0.717) is 5.17 Å². The largest absolute Gasteiger partial charge is 0.481 e. The first kappa shape index (κ1) is 17.9. The van der Waals surface area contributed by atoms with Crippen molar-refractivity contribution in [3.63, 3.8) is 0 Å². The summed E-state index contributed by atoms with van der Waals surface area (Å²) in [5, 5.41) is 8.96. The molecular formula is C16H18N2O5S2. The maximum atomic E-state index is 12.0. The number of benzene rings is 1. The Morgan fingerprint density at radius 2 is 1.92 bits per heavy atom. The molecule has 2 unspecified atom stereocenters. The number of anilines is 1. The molecule has 1 N–H and O–H groups in total. The number of nitrogens with zero attached hydrogens (tertiary/aromatic N) is 2. The lowest BCUT2D eigenvalue weighted by atomic mass is 10.1. The summed E-state index contributed by atoms with van der Waals surface area (Å²) in [5.74, 6) is -1.47. The number of hydrogen-bond acceptors (Lipinski definition) is 5. The van der Waals surface area contributed by atoms with Gasteiger partial charge in [0.25, 0.3) is 0 Å². The Morgan fingerprint density at radius 1 is 1.24 bits per heavy atom. The van der Waals surface area contributed by atoms with E-state index < -0.39 is 21.7 Å². The van der Waals surface area contributed by atoms with Gasteiger partial charge in [-0.3, -0.25) is 9.59 Å². The molecule has 25 heavy (non-hydrogen) atoms. The number of aliphatic imine (C=N–C) groups is 1. The highest BCUT2D eigenvalue weighted by Gasteiger charge is 2.49. The summed E-state index contributed by atoms with van der Waals surface area (Å²) < 4.78 is 23.9. The molecule has 0 bridgehead atoms. The first-order valence-corrected chi connectivity index (χ1v) is 10.5. The average molecular weight is 382 g/mol. The minimum absolute atomic E-state index is 0.0287. The number of carbonyl (C=O) groups is 2. The molecular weight excluding hydrogens is 364 g/mol. The summed E-state index contributed by atoms with van der Waals surface area (Å²) in [6.45, 7) is 1.95. The molecule has 2 heterocycles. The number of thioether (sulfide) groups is 1. The molecule has 2 aliphatic heterocycles. The van der Waals surface area contributed by atoms with Crippen LogP contribution in [0.4, 0.5) is 5.69 Å². The van der Waals surface area contributed by atoms with Crippen molar-refractivity contribution < 1.29 is 23.1 Å². The van der Waals surface area contributed by atoms with E-state index in [9.17, 15) is 18.0 Å². The van der Waals surface area contributed by atoms with Gasteiger partial charge in [-0.1, -0.05) is 29.5 Å². The Hall–Kier alpha value is -1.87. The fraction of sp³-hybridized carbons (Fsp3) is 0.438. The number of fused-ring (bicyclic) bond motifs is 1. The molecule has 1 aromatic carbocycles. The van der Waals surface area contributed by atoms with E-state index in [1.54, 1.807) is 4.90 Å². The highest BCUT2D eigenvalue weighted by atomic mass is 32.2. The van der Waals surface area contributed by atoms with Gasteiger partial charge in [-0.2, -0.15) is 4.99 Å². The highest BCUT2D eigenvalue weighted by Crippen LogP contribution is 2.41. The minimum atomic E-state index is -3.11. The molecule has 1 amide bonds. The lowest BCUT2D eigenvalue weighted by Crippen LogP contribution is -2.37. The third-order valence-corrected chi connectivity index (χ3v) is 7.36. The van der Waals surface area contributed by atoms with Crippen LogP contribution in [0.1, 0.15) is 18.4 Å². The van der Waals surface area contributed by atoms with Crippen molar-refractivity contribution in [3.05, 3.63) is 29.8 Å². The first-order chi connectivity index (χ1) is 11.7. The molecule has 0 aliphatic carbocycles. The lowest BCUT2D eigenvalue weighted by Gasteiger charge is -2.24. The molecule has 7 nitrogen and oxygen atoms in total. The second kappa shape index (κ2) is 6.80. The van der Waals surface area contributed by atoms with Crippen LogP contribution in [-0.2, 0) is 19.4 Å². The Morgan fingerprint density at radius 3 is 2.56 bits per heavy atom. The second-order valence-electron chi connectivity index (χ2n) is 6.19. The van der Waals surface area contributed by atoms with Gasteiger partial charge in [0.15, 0.2) is 15.0 Å². The monoisotopic (exact) mass is 382 g/mol. The molecule has 1 aromatic rings. The Labute approximate surface area is 150 Å². The number of amides is 1. The summed E-state index contributed by atoms with van der Waals surface area (Å²) in [6, 6.07) is 7.33. The van der Waals surface area contributed by atoms with E-state index in [2.05, 4.69) is 4.99 Å². The Balaban J connectivity index is 1.90. The van der Waals surface area contributed by atoms with Crippen LogP contribution >= 0.6 is 11.8 Å². The SMILES string of the molecule is Cc1ccc(N2C(=NC(=O)CCC(=O)O)SC3CS(=O)(=O)CC32)cc1. The summed E-state index contributed by atoms with van der Waals surface area (Å²) in [5.41, 5.74) is 1.86. The van der Waals surface area contributed by atoms with Crippen LogP contribution < -0.4 is 4.90 Å². The number of sulfone groups is 1. The van der Waals surface area contributed by atoms with Crippen LogP contribution in [0.15, 0.2) is 29.3 Å². The fourth-order valence-electron chi connectivity index (χ4n) is 2.95. The van der Waals surface area contributed by atoms with Gasteiger partial charge in [-0.25, -0.2) is 8.42 Å². The lowest BCUT2D eigenvalue weighted by molar-refractivity contribution is -0.138. The smallest absolute Gasteiger partial charge is 0.303 e. The third kappa shape index (κ3) is 4.04. The van der Waals surface area contributed by atoms with Gasteiger partial charge in [-0.15, -0.1) is 0 Å². The first-order valence-electron chi connectivity index (χ1n) is 7.81. The van der Waals surface area contributed by atoms with Crippen molar-refractivity contribution in [3.8, 4) is 0 Å². The van der Waals surface area contributed by atoms with Crippen LogP contribution in [0.2, 0.25) is 0 Å². The number of amidine groups is 1. The van der Waals surface area contributed by atoms with Crippen LogP contribution in [0.25, 0.3) is 0 Å².